The van der Waals surface area contributed by atoms with Crippen molar-refractivity contribution in [2.24, 2.45) is 11.8 Å². The molecular weight excluding hydrogens is 176 g/mol. The molecule has 0 unspecified atom stereocenters. The van der Waals surface area contributed by atoms with E-state index in [0.717, 1.165) is 0 Å². The molecule has 2 aliphatic heterocycles. The molecule has 0 radical (unpaired) electrons. The fourth-order valence-corrected chi connectivity index (χ4v) is 2.32. The van der Waals surface area contributed by atoms with E-state index >= 15 is 0 Å². The lowest BCUT2D eigenvalue weighted by atomic mass is 9.83. The lowest BCUT2D eigenvalue weighted by Crippen LogP contribution is -2.30. The Morgan fingerprint density at radius 3 is 2.64 bits per heavy atom. The molecule has 2 heterocycles. The lowest BCUT2D eigenvalue weighted by molar-refractivity contribution is 0.0634. The zero-order valence-electron chi connectivity index (χ0n) is 8.34. The zero-order chi connectivity index (χ0) is 10.1. The van der Waals surface area contributed by atoms with Crippen molar-refractivity contribution in [1.82, 2.24) is 0 Å². The topological polar surface area (TPSA) is 29.5 Å². The van der Waals surface area contributed by atoms with Crippen LogP contribution in [0.15, 0.2) is 37.0 Å². The summed E-state index contributed by atoms with van der Waals surface area (Å²) in [5, 5.41) is 9.81. The summed E-state index contributed by atoms with van der Waals surface area (Å²) in [7, 11) is 0. The Hall–Kier alpha value is -0.860. The maximum Gasteiger partial charge on any atom is 0.0826 e. The minimum atomic E-state index is -0.476. The molecule has 5 atom stereocenters. The summed E-state index contributed by atoms with van der Waals surface area (Å²) < 4.78 is 5.79. The molecule has 0 saturated carbocycles. The molecule has 1 N–H and O–H groups in total. The minimum Gasteiger partial charge on any atom is -0.389 e. The van der Waals surface area contributed by atoms with E-state index in [-0.39, 0.29) is 18.1 Å². The van der Waals surface area contributed by atoms with Crippen LogP contribution in [-0.4, -0.2) is 23.4 Å². The number of hydrogen-bond donors (Lipinski definition) is 1. The first-order valence-corrected chi connectivity index (χ1v) is 5.05. The molecule has 0 aromatic heterocycles. The highest BCUT2D eigenvalue weighted by molar-refractivity contribution is 5.18. The average molecular weight is 192 g/mol. The van der Waals surface area contributed by atoms with Gasteiger partial charge in [-0.2, -0.15) is 0 Å². The third kappa shape index (κ3) is 1.45. The fraction of sp³-hybridized carbons (Fsp3) is 0.500. The number of ether oxygens (including phenoxy) is 1. The Labute approximate surface area is 84.6 Å². The van der Waals surface area contributed by atoms with Gasteiger partial charge in [0.1, 0.15) is 0 Å². The van der Waals surface area contributed by atoms with Crippen LogP contribution in [0.1, 0.15) is 6.92 Å². The van der Waals surface area contributed by atoms with Gasteiger partial charge in [0.15, 0.2) is 0 Å². The largest absolute Gasteiger partial charge is 0.389 e. The molecule has 0 amide bonds. The van der Waals surface area contributed by atoms with Gasteiger partial charge in [-0.05, 0) is 5.92 Å². The van der Waals surface area contributed by atoms with E-state index in [1.54, 1.807) is 6.08 Å². The van der Waals surface area contributed by atoms with Gasteiger partial charge < -0.3 is 9.84 Å². The SMILES string of the molecule is C=C[C@H](O)[C@@H]1[C@H](C)[C@H]2C=CC=C[C@@H]1O2. The normalized spacial score (nSPS) is 42.1. The molecule has 2 aliphatic rings. The van der Waals surface area contributed by atoms with Crippen LogP contribution in [0.4, 0.5) is 0 Å². The second-order valence-corrected chi connectivity index (χ2v) is 4.00. The first kappa shape index (κ1) is 9.69. The van der Waals surface area contributed by atoms with Crippen molar-refractivity contribution < 1.29 is 9.84 Å². The number of hydrogen-bond acceptors (Lipinski definition) is 2. The summed E-state index contributed by atoms with van der Waals surface area (Å²) in [6.45, 7) is 5.75. The van der Waals surface area contributed by atoms with Gasteiger partial charge in [-0.25, -0.2) is 0 Å². The van der Waals surface area contributed by atoms with E-state index in [4.69, 9.17) is 4.74 Å². The lowest BCUT2D eigenvalue weighted by Gasteiger charge is -2.22. The van der Waals surface area contributed by atoms with Crippen molar-refractivity contribution in [2.75, 3.05) is 0 Å². The molecular formula is C12H16O2. The highest BCUT2D eigenvalue weighted by atomic mass is 16.5. The third-order valence-electron chi connectivity index (χ3n) is 3.17. The van der Waals surface area contributed by atoms with Crippen LogP contribution < -0.4 is 0 Å². The smallest absolute Gasteiger partial charge is 0.0826 e. The maximum absolute atomic E-state index is 9.81. The number of rotatable bonds is 2. The molecule has 1 fully saturated rings. The Bertz CT molecular complexity index is 280. The molecule has 0 aliphatic carbocycles. The van der Waals surface area contributed by atoms with Crippen LogP contribution in [0, 0.1) is 11.8 Å². The Morgan fingerprint density at radius 1 is 1.36 bits per heavy atom. The summed E-state index contributed by atoms with van der Waals surface area (Å²) in [4.78, 5) is 0. The monoisotopic (exact) mass is 192 g/mol. The van der Waals surface area contributed by atoms with Crippen molar-refractivity contribution in [3.05, 3.63) is 37.0 Å². The molecule has 2 heteroatoms. The van der Waals surface area contributed by atoms with E-state index in [1.165, 1.54) is 0 Å². The first-order valence-electron chi connectivity index (χ1n) is 5.05. The van der Waals surface area contributed by atoms with E-state index in [0.29, 0.717) is 5.92 Å². The molecule has 14 heavy (non-hydrogen) atoms. The predicted molar refractivity (Wildman–Crippen MR) is 55.8 cm³/mol. The molecule has 2 nitrogen and oxygen atoms in total. The molecule has 1 saturated heterocycles. The summed E-state index contributed by atoms with van der Waals surface area (Å²) in [6.07, 6.45) is 9.34. The minimum absolute atomic E-state index is 0.0259. The van der Waals surface area contributed by atoms with Gasteiger partial charge >= 0.3 is 0 Å². The summed E-state index contributed by atoms with van der Waals surface area (Å²) in [6, 6.07) is 0. The summed E-state index contributed by atoms with van der Waals surface area (Å²) >= 11 is 0. The Kier molecular flexibility index (Phi) is 2.57. The predicted octanol–water partition coefficient (Wildman–Crippen LogP) is 1.68. The van der Waals surface area contributed by atoms with Crippen molar-refractivity contribution in [3.63, 3.8) is 0 Å². The Morgan fingerprint density at radius 2 is 2.00 bits per heavy atom. The second-order valence-electron chi connectivity index (χ2n) is 4.00. The number of aliphatic hydroxyl groups is 1. The molecule has 0 aromatic carbocycles. The quantitative estimate of drug-likeness (QED) is 0.674. The fourth-order valence-electron chi connectivity index (χ4n) is 2.32. The van der Waals surface area contributed by atoms with Crippen LogP contribution >= 0.6 is 0 Å². The highest BCUT2D eigenvalue weighted by Gasteiger charge is 2.42. The average Bonchev–Trinajstić information content (AvgIpc) is 2.41. The van der Waals surface area contributed by atoms with Crippen LogP contribution in [0.25, 0.3) is 0 Å². The van der Waals surface area contributed by atoms with E-state index in [1.807, 2.05) is 18.2 Å². The van der Waals surface area contributed by atoms with Gasteiger partial charge in [0, 0.05) is 5.92 Å². The van der Waals surface area contributed by atoms with Gasteiger partial charge in [-0.15, -0.1) is 6.58 Å². The number of allylic oxidation sites excluding steroid dienone is 2. The van der Waals surface area contributed by atoms with Crippen molar-refractivity contribution in [2.45, 2.75) is 25.2 Å². The number of aliphatic hydroxyl groups excluding tert-OH is 1. The van der Waals surface area contributed by atoms with Crippen LogP contribution in [0.3, 0.4) is 0 Å². The first-order chi connectivity index (χ1) is 6.74. The van der Waals surface area contributed by atoms with E-state index < -0.39 is 6.10 Å². The van der Waals surface area contributed by atoms with Crippen LogP contribution in [0.2, 0.25) is 0 Å². The van der Waals surface area contributed by atoms with Gasteiger partial charge in [0.2, 0.25) is 0 Å². The van der Waals surface area contributed by atoms with Crippen LogP contribution in [0.5, 0.6) is 0 Å². The van der Waals surface area contributed by atoms with Gasteiger partial charge in [0.05, 0.1) is 18.3 Å². The molecule has 76 valence electrons. The van der Waals surface area contributed by atoms with Crippen LogP contribution in [-0.2, 0) is 4.74 Å². The van der Waals surface area contributed by atoms with Crippen molar-refractivity contribution in [1.29, 1.82) is 0 Å². The van der Waals surface area contributed by atoms with E-state index in [9.17, 15) is 5.11 Å². The van der Waals surface area contributed by atoms with Gasteiger partial charge in [0.25, 0.3) is 0 Å². The van der Waals surface area contributed by atoms with Crippen molar-refractivity contribution in [3.8, 4) is 0 Å². The second kappa shape index (κ2) is 3.71. The molecule has 2 bridgehead atoms. The Balaban J connectivity index is 2.23. The standard InChI is InChI=1S/C12H16O2/c1-3-9(13)12-8(2)10-6-4-5-7-11(12)14-10/h3-13H,1H2,2H3/t8-,9+,10-,11+,12+/m1/s1. The van der Waals surface area contributed by atoms with Crippen molar-refractivity contribution >= 4 is 0 Å². The number of fused-ring (bicyclic) bond motifs is 2. The van der Waals surface area contributed by atoms with E-state index in [2.05, 4.69) is 19.6 Å². The maximum atomic E-state index is 9.81. The zero-order valence-corrected chi connectivity index (χ0v) is 8.34. The molecule has 2 rings (SSSR count). The molecule has 0 spiro atoms. The third-order valence-corrected chi connectivity index (χ3v) is 3.17. The van der Waals surface area contributed by atoms with Gasteiger partial charge in [-0.1, -0.05) is 37.3 Å². The molecule has 0 aromatic rings. The summed E-state index contributed by atoms with van der Waals surface area (Å²) in [5.41, 5.74) is 0. The van der Waals surface area contributed by atoms with Gasteiger partial charge in [-0.3, -0.25) is 0 Å². The summed E-state index contributed by atoms with van der Waals surface area (Å²) in [5.74, 6) is 0.480. The highest BCUT2D eigenvalue weighted by Crippen LogP contribution is 2.37.